The molecule has 0 saturated heterocycles. The number of aromatic nitrogens is 2. The Balaban J connectivity index is 1.64. The van der Waals surface area contributed by atoms with Crippen LogP contribution in [0.15, 0.2) is 64.0 Å². The van der Waals surface area contributed by atoms with Crippen molar-refractivity contribution in [2.75, 3.05) is 6.54 Å². The van der Waals surface area contributed by atoms with Crippen molar-refractivity contribution in [3.05, 3.63) is 76.5 Å². The van der Waals surface area contributed by atoms with Gasteiger partial charge in [0.25, 0.3) is 11.5 Å². The number of benzene rings is 1. The lowest BCUT2D eigenvalue weighted by molar-refractivity contribution is 0.0951. The van der Waals surface area contributed by atoms with E-state index >= 15 is 0 Å². The van der Waals surface area contributed by atoms with Gasteiger partial charge in [0.1, 0.15) is 11.5 Å². The maximum atomic E-state index is 12.8. The summed E-state index contributed by atoms with van der Waals surface area (Å²) in [5.41, 5.74) is 0.604. The van der Waals surface area contributed by atoms with E-state index in [-0.39, 0.29) is 24.6 Å². The third-order valence-electron chi connectivity index (χ3n) is 3.36. The SMILES string of the molecule is O=C(NCCn1nc(-c2ccco2)ccc1=O)c1ccc(F)cc1. The molecule has 7 heteroatoms. The zero-order valence-electron chi connectivity index (χ0n) is 12.6. The molecular formula is C17H14FN3O3. The molecule has 0 spiro atoms. The van der Waals surface area contributed by atoms with Crippen LogP contribution in [0.5, 0.6) is 0 Å². The van der Waals surface area contributed by atoms with E-state index in [2.05, 4.69) is 10.4 Å². The van der Waals surface area contributed by atoms with Gasteiger partial charge in [-0.1, -0.05) is 0 Å². The molecule has 3 rings (SSSR count). The molecule has 1 aromatic carbocycles. The fourth-order valence-corrected chi connectivity index (χ4v) is 2.14. The Kier molecular flexibility index (Phi) is 4.51. The lowest BCUT2D eigenvalue weighted by atomic mass is 10.2. The highest BCUT2D eigenvalue weighted by Crippen LogP contribution is 2.14. The molecule has 122 valence electrons. The number of amides is 1. The Hall–Kier alpha value is -3.22. The van der Waals surface area contributed by atoms with Crippen LogP contribution in [0, 0.1) is 5.82 Å². The number of rotatable bonds is 5. The molecule has 6 nitrogen and oxygen atoms in total. The number of nitrogens with zero attached hydrogens (tertiary/aromatic N) is 2. The molecule has 2 heterocycles. The van der Waals surface area contributed by atoms with E-state index in [0.717, 1.165) is 0 Å². The van der Waals surface area contributed by atoms with Crippen molar-refractivity contribution in [1.82, 2.24) is 15.1 Å². The molecule has 1 N–H and O–H groups in total. The van der Waals surface area contributed by atoms with Gasteiger partial charge in [-0.3, -0.25) is 9.59 Å². The summed E-state index contributed by atoms with van der Waals surface area (Å²) in [5.74, 6) is -0.193. The predicted octanol–water partition coefficient (Wildman–Crippen LogP) is 2.07. The minimum absolute atomic E-state index is 0.209. The van der Waals surface area contributed by atoms with E-state index in [1.54, 1.807) is 18.2 Å². The molecule has 0 radical (unpaired) electrons. The van der Waals surface area contributed by atoms with E-state index in [0.29, 0.717) is 17.0 Å². The van der Waals surface area contributed by atoms with E-state index in [4.69, 9.17) is 4.42 Å². The van der Waals surface area contributed by atoms with Gasteiger partial charge in [0.2, 0.25) is 0 Å². The van der Waals surface area contributed by atoms with Gasteiger partial charge < -0.3 is 9.73 Å². The maximum Gasteiger partial charge on any atom is 0.266 e. The first-order valence-electron chi connectivity index (χ1n) is 7.29. The van der Waals surface area contributed by atoms with E-state index in [1.165, 1.54) is 41.3 Å². The van der Waals surface area contributed by atoms with Crippen molar-refractivity contribution in [1.29, 1.82) is 0 Å². The first-order chi connectivity index (χ1) is 11.6. The summed E-state index contributed by atoms with van der Waals surface area (Å²) in [7, 11) is 0. The second kappa shape index (κ2) is 6.91. The summed E-state index contributed by atoms with van der Waals surface area (Å²) in [6.07, 6.45) is 1.52. The number of hydrogen-bond donors (Lipinski definition) is 1. The van der Waals surface area contributed by atoms with Crippen LogP contribution < -0.4 is 10.9 Å². The monoisotopic (exact) mass is 327 g/mol. The van der Waals surface area contributed by atoms with E-state index < -0.39 is 5.82 Å². The predicted molar refractivity (Wildman–Crippen MR) is 84.9 cm³/mol. The van der Waals surface area contributed by atoms with Crippen LogP contribution in [0.25, 0.3) is 11.5 Å². The molecular weight excluding hydrogens is 313 g/mol. The first-order valence-corrected chi connectivity index (χ1v) is 7.29. The molecule has 0 unspecified atom stereocenters. The van der Waals surface area contributed by atoms with Gasteiger partial charge in [-0.2, -0.15) is 5.10 Å². The Labute approximate surface area is 136 Å². The molecule has 0 atom stereocenters. The van der Waals surface area contributed by atoms with Gasteiger partial charge >= 0.3 is 0 Å². The number of hydrogen-bond acceptors (Lipinski definition) is 4. The van der Waals surface area contributed by atoms with Gasteiger partial charge in [-0.15, -0.1) is 0 Å². The summed E-state index contributed by atoms with van der Waals surface area (Å²) in [4.78, 5) is 23.8. The van der Waals surface area contributed by atoms with Gasteiger partial charge in [-0.25, -0.2) is 9.07 Å². The Morgan fingerprint density at radius 1 is 1.17 bits per heavy atom. The summed E-state index contributed by atoms with van der Waals surface area (Å²) >= 11 is 0. The lowest BCUT2D eigenvalue weighted by Crippen LogP contribution is -2.31. The largest absolute Gasteiger partial charge is 0.463 e. The third kappa shape index (κ3) is 3.57. The first kappa shape index (κ1) is 15.7. The Bertz CT molecular complexity index is 886. The average molecular weight is 327 g/mol. The second-order valence-corrected chi connectivity index (χ2v) is 5.02. The van der Waals surface area contributed by atoms with Crippen LogP contribution in [0.3, 0.4) is 0 Å². The fourth-order valence-electron chi connectivity index (χ4n) is 2.14. The maximum absolute atomic E-state index is 12.8. The van der Waals surface area contributed by atoms with Gasteiger partial charge in [0.05, 0.1) is 12.8 Å². The van der Waals surface area contributed by atoms with Crippen LogP contribution in [-0.2, 0) is 6.54 Å². The number of halogens is 1. The van der Waals surface area contributed by atoms with Gasteiger partial charge in [0.15, 0.2) is 5.76 Å². The van der Waals surface area contributed by atoms with Crippen molar-refractivity contribution < 1.29 is 13.6 Å². The summed E-state index contributed by atoms with van der Waals surface area (Å²) in [6, 6.07) is 11.7. The van der Waals surface area contributed by atoms with Crippen molar-refractivity contribution in [2.24, 2.45) is 0 Å². The fraction of sp³-hybridized carbons (Fsp3) is 0.118. The molecule has 0 aliphatic rings. The quantitative estimate of drug-likeness (QED) is 0.778. The van der Waals surface area contributed by atoms with Crippen LogP contribution >= 0.6 is 0 Å². The van der Waals surface area contributed by atoms with Crippen LogP contribution in [0.1, 0.15) is 10.4 Å². The van der Waals surface area contributed by atoms with Crippen LogP contribution in [-0.4, -0.2) is 22.2 Å². The van der Waals surface area contributed by atoms with E-state index in [1.807, 2.05) is 0 Å². The van der Waals surface area contributed by atoms with Crippen molar-refractivity contribution in [3.63, 3.8) is 0 Å². The topological polar surface area (TPSA) is 77.1 Å². The highest BCUT2D eigenvalue weighted by atomic mass is 19.1. The van der Waals surface area contributed by atoms with Crippen LogP contribution in [0.2, 0.25) is 0 Å². The highest BCUT2D eigenvalue weighted by molar-refractivity contribution is 5.94. The summed E-state index contributed by atoms with van der Waals surface area (Å²) < 4.78 is 19.3. The number of carbonyl (C=O) groups is 1. The second-order valence-electron chi connectivity index (χ2n) is 5.02. The minimum atomic E-state index is -0.406. The van der Waals surface area contributed by atoms with Crippen LogP contribution in [0.4, 0.5) is 4.39 Å². The van der Waals surface area contributed by atoms with Crippen molar-refractivity contribution >= 4 is 5.91 Å². The van der Waals surface area contributed by atoms with Crippen molar-refractivity contribution in [2.45, 2.75) is 6.54 Å². The molecule has 0 saturated carbocycles. The lowest BCUT2D eigenvalue weighted by Gasteiger charge is -2.08. The molecule has 24 heavy (non-hydrogen) atoms. The summed E-state index contributed by atoms with van der Waals surface area (Å²) in [5, 5.41) is 6.87. The smallest absolute Gasteiger partial charge is 0.266 e. The zero-order chi connectivity index (χ0) is 16.9. The zero-order valence-corrected chi connectivity index (χ0v) is 12.6. The Morgan fingerprint density at radius 3 is 2.67 bits per heavy atom. The molecule has 0 fully saturated rings. The molecule has 0 aliphatic carbocycles. The van der Waals surface area contributed by atoms with Gasteiger partial charge in [-0.05, 0) is 42.5 Å². The number of carbonyl (C=O) groups excluding carboxylic acids is 1. The van der Waals surface area contributed by atoms with Crippen molar-refractivity contribution in [3.8, 4) is 11.5 Å². The third-order valence-corrected chi connectivity index (χ3v) is 3.36. The standard InChI is InChI=1S/C17H14FN3O3/c18-13-5-3-12(4-6-13)17(23)19-9-10-21-16(22)8-7-14(20-21)15-2-1-11-24-15/h1-8,11H,9-10H2,(H,19,23). The highest BCUT2D eigenvalue weighted by Gasteiger charge is 2.07. The molecule has 2 aromatic heterocycles. The van der Waals surface area contributed by atoms with E-state index in [9.17, 15) is 14.0 Å². The molecule has 0 bridgehead atoms. The average Bonchev–Trinajstić information content (AvgIpc) is 3.11. The number of nitrogens with one attached hydrogen (secondary N) is 1. The molecule has 1 amide bonds. The number of furan rings is 1. The summed E-state index contributed by atoms with van der Waals surface area (Å²) in [6.45, 7) is 0.422. The van der Waals surface area contributed by atoms with Gasteiger partial charge in [0, 0.05) is 18.2 Å². The molecule has 0 aliphatic heterocycles. The molecule has 3 aromatic rings. The Morgan fingerprint density at radius 2 is 1.96 bits per heavy atom. The normalized spacial score (nSPS) is 10.5. The minimum Gasteiger partial charge on any atom is -0.463 e.